The molecule has 1 aliphatic rings. The number of urea groups is 1. The van der Waals surface area contributed by atoms with Gasteiger partial charge in [0.2, 0.25) is 5.91 Å². The summed E-state index contributed by atoms with van der Waals surface area (Å²) in [5.74, 6) is -0.299. The molecule has 2 N–H and O–H groups in total. The van der Waals surface area contributed by atoms with E-state index >= 15 is 0 Å². The molecule has 0 saturated carbocycles. The number of carbonyl (C=O) groups is 3. The van der Waals surface area contributed by atoms with Gasteiger partial charge >= 0.3 is 6.03 Å². The highest BCUT2D eigenvalue weighted by molar-refractivity contribution is 6.09. The van der Waals surface area contributed by atoms with Crippen LogP contribution < -0.4 is 10.6 Å². The topological polar surface area (TPSA) is 78.5 Å². The molecular formula is C23H27N3O3. The Morgan fingerprint density at radius 3 is 2.34 bits per heavy atom. The molecule has 4 amide bonds. The molecule has 1 aliphatic heterocycles. The van der Waals surface area contributed by atoms with Gasteiger partial charge in [0.25, 0.3) is 5.91 Å². The van der Waals surface area contributed by atoms with Crippen LogP contribution in [0.2, 0.25) is 0 Å². The number of benzene rings is 2. The predicted octanol–water partition coefficient (Wildman–Crippen LogP) is 2.94. The second-order valence-corrected chi connectivity index (χ2v) is 7.81. The Labute approximate surface area is 171 Å². The smallest absolute Gasteiger partial charge is 0.325 e. The molecule has 0 bridgehead atoms. The summed E-state index contributed by atoms with van der Waals surface area (Å²) >= 11 is 0. The summed E-state index contributed by atoms with van der Waals surface area (Å²) < 4.78 is 0. The van der Waals surface area contributed by atoms with Crippen LogP contribution in [0.5, 0.6) is 0 Å². The minimum absolute atomic E-state index is 0.292. The van der Waals surface area contributed by atoms with E-state index in [2.05, 4.69) is 48.7 Å². The van der Waals surface area contributed by atoms with Crippen molar-refractivity contribution < 1.29 is 14.4 Å². The van der Waals surface area contributed by atoms with Gasteiger partial charge in [-0.1, -0.05) is 68.4 Å². The summed E-state index contributed by atoms with van der Waals surface area (Å²) in [6.45, 7) is 6.10. The van der Waals surface area contributed by atoms with Gasteiger partial charge < -0.3 is 10.6 Å². The van der Waals surface area contributed by atoms with Crippen LogP contribution in [0.3, 0.4) is 0 Å². The number of imide groups is 1. The maximum Gasteiger partial charge on any atom is 0.325 e. The molecular weight excluding hydrogens is 366 g/mol. The summed E-state index contributed by atoms with van der Waals surface area (Å²) in [7, 11) is 0. The van der Waals surface area contributed by atoms with Crippen LogP contribution in [0.15, 0.2) is 54.6 Å². The zero-order valence-electron chi connectivity index (χ0n) is 17.1. The molecule has 0 aromatic heterocycles. The van der Waals surface area contributed by atoms with Crippen molar-refractivity contribution in [1.29, 1.82) is 0 Å². The average Bonchev–Trinajstić information content (AvgIpc) is 2.93. The third kappa shape index (κ3) is 4.47. The summed E-state index contributed by atoms with van der Waals surface area (Å²) in [5.41, 5.74) is 1.93. The molecule has 2 aromatic carbocycles. The van der Waals surface area contributed by atoms with E-state index < -0.39 is 17.5 Å². The highest BCUT2D eigenvalue weighted by Gasteiger charge is 2.49. The molecule has 1 heterocycles. The lowest BCUT2D eigenvalue weighted by Gasteiger charge is -2.22. The number of nitrogens with one attached hydrogen (secondary N) is 2. The van der Waals surface area contributed by atoms with E-state index in [0.717, 1.165) is 10.5 Å². The Morgan fingerprint density at radius 2 is 1.72 bits per heavy atom. The quantitative estimate of drug-likeness (QED) is 0.710. The number of hydrogen-bond donors (Lipinski definition) is 2. The first kappa shape index (κ1) is 20.6. The van der Waals surface area contributed by atoms with Crippen LogP contribution in [-0.2, 0) is 21.5 Å². The molecule has 152 valence electrons. The largest absolute Gasteiger partial charge is 0.354 e. The predicted molar refractivity (Wildman–Crippen MR) is 111 cm³/mol. The Kier molecular flexibility index (Phi) is 6.01. The number of carbonyl (C=O) groups excluding carboxylic acids is 3. The number of rotatable bonds is 7. The SMILES string of the molecule is CC(C)c1ccc(CCNC(=O)CN2C(=O)NC(C)(c3ccccc3)C2=O)cc1. The molecule has 1 unspecified atom stereocenters. The standard InChI is InChI=1S/C23H27N3O3/c1-16(2)18-11-9-17(10-12-18)13-14-24-20(27)15-26-21(28)23(3,25-22(26)29)19-7-5-4-6-8-19/h4-12,16H,13-15H2,1-3H3,(H,24,27)(H,25,29). The van der Waals surface area contributed by atoms with Gasteiger partial charge in [-0.3, -0.25) is 14.5 Å². The summed E-state index contributed by atoms with van der Waals surface area (Å²) in [5, 5.41) is 5.50. The highest BCUT2D eigenvalue weighted by Crippen LogP contribution is 2.28. The van der Waals surface area contributed by atoms with Crippen molar-refractivity contribution in [2.75, 3.05) is 13.1 Å². The van der Waals surface area contributed by atoms with E-state index in [1.807, 2.05) is 18.2 Å². The van der Waals surface area contributed by atoms with E-state index in [1.165, 1.54) is 5.56 Å². The highest BCUT2D eigenvalue weighted by atomic mass is 16.2. The number of amides is 4. The van der Waals surface area contributed by atoms with Crippen LogP contribution in [0.25, 0.3) is 0 Å². The van der Waals surface area contributed by atoms with E-state index in [4.69, 9.17) is 0 Å². The van der Waals surface area contributed by atoms with Crippen molar-refractivity contribution in [1.82, 2.24) is 15.5 Å². The van der Waals surface area contributed by atoms with Crippen molar-refractivity contribution >= 4 is 17.8 Å². The minimum atomic E-state index is -1.16. The van der Waals surface area contributed by atoms with Crippen LogP contribution >= 0.6 is 0 Å². The second-order valence-electron chi connectivity index (χ2n) is 7.81. The minimum Gasteiger partial charge on any atom is -0.354 e. The van der Waals surface area contributed by atoms with E-state index in [0.29, 0.717) is 24.4 Å². The third-order valence-corrected chi connectivity index (χ3v) is 5.31. The molecule has 3 rings (SSSR count). The fourth-order valence-corrected chi connectivity index (χ4v) is 3.42. The summed E-state index contributed by atoms with van der Waals surface area (Å²) in [6.07, 6.45) is 0.686. The molecule has 6 nitrogen and oxygen atoms in total. The Hall–Kier alpha value is -3.15. The average molecular weight is 393 g/mol. The van der Waals surface area contributed by atoms with Gasteiger partial charge in [-0.15, -0.1) is 0 Å². The fourth-order valence-electron chi connectivity index (χ4n) is 3.42. The molecule has 29 heavy (non-hydrogen) atoms. The van der Waals surface area contributed by atoms with Gasteiger partial charge in [0.15, 0.2) is 0 Å². The first-order valence-corrected chi connectivity index (χ1v) is 9.86. The Balaban J connectivity index is 1.54. The van der Waals surface area contributed by atoms with Gasteiger partial charge in [-0.25, -0.2) is 4.79 Å². The van der Waals surface area contributed by atoms with E-state index in [-0.39, 0.29) is 12.5 Å². The Bertz CT molecular complexity index is 893. The lowest BCUT2D eigenvalue weighted by atomic mass is 9.92. The van der Waals surface area contributed by atoms with Gasteiger partial charge in [-0.2, -0.15) is 0 Å². The maximum absolute atomic E-state index is 12.8. The van der Waals surface area contributed by atoms with Crippen LogP contribution in [0, 0.1) is 0 Å². The van der Waals surface area contributed by atoms with Crippen molar-refractivity contribution in [2.24, 2.45) is 0 Å². The maximum atomic E-state index is 12.8. The van der Waals surface area contributed by atoms with E-state index in [9.17, 15) is 14.4 Å². The zero-order chi connectivity index (χ0) is 21.0. The van der Waals surface area contributed by atoms with Crippen LogP contribution in [0.4, 0.5) is 4.79 Å². The second kappa shape index (κ2) is 8.47. The van der Waals surface area contributed by atoms with Gasteiger partial charge in [0, 0.05) is 6.54 Å². The summed E-state index contributed by atoms with van der Waals surface area (Å²) in [6, 6.07) is 16.8. The van der Waals surface area contributed by atoms with Crippen molar-refractivity contribution in [2.45, 2.75) is 38.6 Å². The van der Waals surface area contributed by atoms with Crippen LogP contribution in [0.1, 0.15) is 43.4 Å². The van der Waals surface area contributed by atoms with Gasteiger partial charge in [-0.05, 0) is 36.0 Å². The zero-order valence-corrected chi connectivity index (χ0v) is 17.1. The molecule has 6 heteroatoms. The van der Waals surface area contributed by atoms with Crippen molar-refractivity contribution in [3.8, 4) is 0 Å². The molecule has 1 atom stereocenters. The normalized spacial score (nSPS) is 18.8. The van der Waals surface area contributed by atoms with Gasteiger partial charge in [0.05, 0.1) is 0 Å². The molecule has 0 spiro atoms. The number of nitrogens with zero attached hydrogens (tertiary/aromatic N) is 1. The first-order valence-electron chi connectivity index (χ1n) is 9.86. The first-order chi connectivity index (χ1) is 13.8. The molecule has 1 saturated heterocycles. The number of hydrogen-bond acceptors (Lipinski definition) is 3. The van der Waals surface area contributed by atoms with Crippen molar-refractivity contribution in [3.05, 3.63) is 71.3 Å². The van der Waals surface area contributed by atoms with E-state index in [1.54, 1.807) is 19.1 Å². The summed E-state index contributed by atoms with van der Waals surface area (Å²) in [4.78, 5) is 38.4. The molecule has 1 fully saturated rings. The van der Waals surface area contributed by atoms with Crippen LogP contribution in [-0.4, -0.2) is 35.8 Å². The third-order valence-electron chi connectivity index (χ3n) is 5.31. The fraction of sp³-hybridized carbons (Fsp3) is 0.348. The lowest BCUT2D eigenvalue weighted by Crippen LogP contribution is -2.43. The van der Waals surface area contributed by atoms with Crippen molar-refractivity contribution in [3.63, 3.8) is 0 Å². The lowest BCUT2D eigenvalue weighted by molar-refractivity contribution is -0.134. The molecule has 0 aliphatic carbocycles. The van der Waals surface area contributed by atoms with Gasteiger partial charge in [0.1, 0.15) is 12.1 Å². The Morgan fingerprint density at radius 1 is 1.07 bits per heavy atom. The molecule has 0 radical (unpaired) electrons. The molecule has 2 aromatic rings. The monoisotopic (exact) mass is 393 g/mol.